The van der Waals surface area contributed by atoms with Crippen LogP contribution in [0.1, 0.15) is 70.6 Å². The summed E-state index contributed by atoms with van der Waals surface area (Å²) in [4.78, 5) is 25.5. The van der Waals surface area contributed by atoms with E-state index in [-0.39, 0.29) is 17.7 Å². The summed E-state index contributed by atoms with van der Waals surface area (Å²) in [6.45, 7) is 0. The molecule has 0 unspecified atom stereocenters. The van der Waals surface area contributed by atoms with Gasteiger partial charge in [-0.3, -0.25) is 9.59 Å². The van der Waals surface area contributed by atoms with Crippen molar-refractivity contribution in [2.24, 2.45) is 5.41 Å². The van der Waals surface area contributed by atoms with E-state index in [1.165, 1.54) is 19.3 Å². The van der Waals surface area contributed by atoms with Crippen molar-refractivity contribution in [3.05, 3.63) is 0 Å². The average Bonchev–Trinajstić information content (AvgIpc) is 2.86. The Balaban J connectivity index is 1.95. The number of carboxylic acid groups (broad SMARTS) is 1. The molecule has 0 aromatic carbocycles. The number of rotatable bonds is 5. The molecule has 0 spiro atoms. The van der Waals surface area contributed by atoms with Crippen molar-refractivity contribution in [3.8, 4) is 0 Å². The summed E-state index contributed by atoms with van der Waals surface area (Å²) >= 11 is 0. The van der Waals surface area contributed by atoms with Crippen molar-refractivity contribution >= 4 is 11.9 Å². The maximum atomic E-state index is 12.5. The Morgan fingerprint density at radius 1 is 1.05 bits per heavy atom. The summed E-state index contributed by atoms with van der Waals surface area (Å²) < 4.78 is 0. The van der Waals surface area contributed by atoms with Gasteiger partial charge in [0, 0.05) is 19.5 Å². The maximum Gasteiger partial charge on any atom is 0.303 e. The number of hydrogen-bond donors (Lipinski definition) is 1. The predicted octanol–water partition coefficient (Wildman–Crippen LogP) is 3.20. The highest BCUT2D eigenvalue weighted by Crippen LogP contribution is 2.44. The monoisotopic (exact) mass is 281 g/mol. The first-order valence-electron chi connectivity index (χ1n) is 8.00. The van der Waals surface area contributed by atoms with Crippen LogP contribution in [0, 0.1) is 5.41 Å². The largest absolute Gasteiger partial charge is 0.481 e. The van der Waals surface area contributed by atoms with E-state index in [0.717, 1.165) is 38.5 Å². The summed E-state index contributed by atoms with van der Waals surface area (Å²) in [6.07, 6.45) is 10.4. The van der Waals surface area contributed by atoms with Crippen LogP contribution in [0.4, 0.5) is 0 Å². The molecule has 0 aliphatic heterocycles. The van der Waals surface area contributed by atoms with Crippen molar-refractivity contribution < 1.29 is 14.7 Å². The molecule has 4 heteroatoms. The molecule has 0 heterocycles. The van der Waals surface area contributed by atoms with Gasteiger partial charge in [-0.1, -0.05) is 32.1 Å². The van der Waals surface area contributed by atoms with Crippen molar-refractivity contribution in [2.45, 2.75) is 76.7 Å². The highest BCUT2D eigenvalue weighted by atomic mass is 16.4. The first-order chi connectivity index (χ1) is 9.52. The fourth-order valence-electron chi connectivity index (χ4n) is 3.98. The summed E-state index contributed by atoms with van der Waals surface area (Å²) in [6, 6.07) is 0.375. The number of amides is 1. The van der Waals surface area contributed by atoms with Gasteiger partial charge in [-0.05, 0) is 31.1 Å². The summed E-state index contributed by atoms with van der Waals surface area (Å²) in [7, 11) is 1.90. The van der Waals surface area contributed by atoms with E-state index in [2.05, 4.69) is 0 Å². The Bertz CT molecular complexity index is 355. The van der Waals surface area contributed by atoms with E-state index in [4.69, 9.17) is 5.11 Å². The molecule has 2 aliphatic carbocycles. The molecule has 1 amide bonds. The number of carbonyl (C=O) groups is 2. The van der Waals surface area contributed by atoms with Gasteiger partial charge < -0.3 is 10.0 Å². The number of carboxylic acids is 1. The molecule has 0 radical (unpaired) electrons. The molecule has 2 rings (SSSR count). The second-order valence-electron chi connectivity index (χ2n) is 6.75. The Labute approximate surface area is 121 Å². The summed E-state index contributed by atoms with van der Waals surface area (Å²) in [5.41, 5.74) is -0.272. The van der Waals surface area contributed by atoms with Gasteiger partial charge in [0.1, 0.15) is 0 Å². The molecule has 1 N–H and O–H groups in total. The molecule has 20 heavy (non-hydrogen) atoms. The molecule has 2 saturated carbocycles. The van der Waals surface area contributed by atoms with E-state index in [0.29, 0.717) is 12.5 Å². The predicted molar refractivity (Wildman–Crippen MR) is 77.4 cm³/mol. The first-order valence-corrected chi connectivity index (χ1v) is 8.00. The fraction of sp³-hybridized carbons (Fsp3) is 0.875. The van der Waals surface area contributed by atoms with Crippen molar-refractivity contribution in [3.63, 3.8) is 0 Å². The van der Waals surface area contributed by atoms with Gasteiger partial charge in [0.05, 0.1) is 6.42 Å². The normalized spacial score (nSPS) is 22.6. The van der Waals surface area contributed by atoms with E-state index in [1.54, 1.807) is 0 Å². The van der Waals surface area contributed by atoms with Crippen molar-refractivity contribution in [2.75, 3.05) is 7.05 Å². The highest BCUT2D eigenvalue weighted by Gasteiger charge is 2.39. The molecule has 0 saturated heterocycles. The van der Waals surface area contributed by atoms with E-state index in [1.807, 2.05) is 11.9 Å². The Morgan fingerprint density at radius 2 is 1.65 bits per heavy atom. The third-order valence-electron chi connectivity index (χ3n) is 5.23. The van der Waals surface area contributed by atoms with Crippen LogP contribution in [-0.4, -0.2) is 35.0 Å². The summed E-state index contributed by atoms with van der Waals surface area (Å²) in [5, 5.41) is 9.11. The van der Waals surface area contributed by atoms with Crippen LogP contribution in [0.3, 0.4) is 0 Å². The molecule has 2 aliphatic rings. The minimum Gasteiger partial charge on any atom is -0.481 e. The van der Waals surface area contributed by atoms with Crippen molar-refractivity contribution in [1.29, 1.82) is 0 Å². The molecule has 2 fully saturated rings. The second-order valence-corrected chi connectivity index (χ2v) is 6.75. The fourth-order valence-corrected chi connectivity index (χ4v) is 3.98. The molecule has 0 atom stereocenters. The Hall–Kier alpha value is -1.06. The Kier molecular flexibility index (Phi) is 5.06. The lowest BCUT2D eigenvalue weighted by atomic mass is 9.79. The van der Waals surface area contributed by atoms with Gasteiger partial charge in [-0.25, -0.2) is 0 Å². The van der Waals surface area contributed by atoms with Gasteiger partial charge >= 0.3 is 5.97 Å². The number of carbonyl (C=O) groups excluding carboxylic acids is 1. The second kappa shape index (κ2) is 6.59. The minimum absolute atomic E-state index is 0.150. The SMILES string of the molecule is CN(C(=O)CC1(CC(=O)O)CCCC1)C1CCCCC1. The van der Waals surface area contributed by atoms with Gasteiger partial charge in [0.25, 0.3) is 0 Å². The van der Waals surface area contributed by atoms with Crippen LogP contribution in [0.15, 0.2) is 0 Å². The lowest BCUT2D eigenvalue weighted by Gasteiger charge is -2.34. The molecule has 0 aromatic heterocycles. The van der Waals surface area contributed by atoms with Gasteiger partial charge in [0.2, 0.25) is 5.91 Å². The van der Waals surface area contributed by atoms with E-state index >= 15 is 0 Å². The van der Waals surface area contributed by atoms with Gasteiger partial charge in [0.15, 0.2) is 0 Å². The highest BCUT2D eigenvalue weighted by molar-refractivity contribution is 5.78. The zero-order valence-electron chi connectivity index (χ0n) is 12.6. The molecular weight excluding hydrogens is 254 g/mol. The zero-order chi connectivity index (χ0) is 14.6. The topological polar surface area (TPSA) is 57.6 Å². The van der Waals surface area contributed by atoms with E-state index < -0.39 is 5.97 Å². The number of nitrogens with zero attached hydrogens (tertiary/aromatic N) is 1. The van der Waals surface area contributed by atoms with Crippen LogP contribution < -0.4 is 0 Å². The number of aliphatic carboxylic acids is 1. The molecular formula is C16H27NO3. The average molecular weight is 281 g/mol. The molecule has 0 aromatic rings. The van der Waals surface area contributed by atoms with Crippen LogP contribution >= 0.6 is 0 Å². The van der Waals surface area contributed by atoms with E-state index in [9.17, 15) is 9.59 Å². The molecule has 114 valence electrons. The standard InChI is InChI=1S/C16H27NO3/c1-17(13-7-3-2-4-8-13)14(18)11-16(12-15(19)20)9-5-6-10-16/h13H,2-12H2,1H3,(H,19,20). The smallest absolute Gasteiger partial charge is 0.303 e. The molecule has 0 bridgehead atoms. The zero-order valence-corrected chi connectivity index (χ0v) is 12.6. The first kappa shape index (κ1) is 15.3. The van der Waals surface area contributed by atoms with Crippen LogP contribution in [-0.2, 0) is 9.59 Å². The lowest BCUT2D eigenvalue weighted by molar-refractivity contribution is -0.141. The van der Waals surface area contributed by atoms with Crippen LogP contribution in [0.25, 0.3) is 0 Å². The quantitative estimate of drug-likeness (QED) is 0.842. The maximum absolute atomic E-state index is 12.5. The van der Waals surface area contributed by atoms with Crippen LogP contribution in [0.5, 0.6) is 0 Å². The summed E-state index contributed by atoms with van der Waals surface area (Å²) in [5.74, 6) is -0.611. The van der Waals surface area contributed by atoms with Gasteiger partial charge in [-0.15, -0.1) is 0 Å². The number of hydrogen-bond acceptors (Lipinski definition) is 2. The van der Waals surface area contributed by atoms with Crippen LogP contribution in [0.2, 0.25) is 0 Å². The lowest BCUT2D eigenvalue weighted by Crippen LogP contribution is -2.41. The minimum atomic E-state index is -0.764. The Morgan fingerprint density at radius 3 is 2.20 bits per heavy atom. The third-order valence-corrected chi connectivity index (χ3v) is 5.23. The van der Waals surface area contributed by atoms with Gasteiger partial charge in [-0.2, -0.15) is 0 Å². The third kappa shape index (κ3) is 3.74. The molecule has 4 nitrogen and oxygen atoms in total. The van der Waals surface area contributed by atoms with Crippen molar-refractivity contribution in [1.82, 2.24) is 4.90 Å².